The highest BCUT2D eigenvalue weighted by Gasteiger charge is 2.19. The molecule has 0 fully saturated rings. The highest BCUT2D eigenvalue weighted by Crippen LogP contribution is 2.30. The molecule has 22 nitrogen and oxygen atoms in total. The lowest BCUT2D eigenvalue weighted by Gasteiger charge is -2.09. The molecule has 0 aliphatic carbocycles. The number of carbonyl (C=O) groups excluding carboxylic acids is 5. The van der Waals surface area contributed by atoms with Gasteiger partial charge in [-0.25, -0.2) is 10.2 Å². The molecule has 22 heteroatoms. The number of nitrogens with one attached hydrogen (secondary N) is 8. The van der Waals surface area contributed by atoms with Crippen molar-refractivity contribution in [1.82, 2.24) is 51.2 Å². The first kappa shape index (κ1) is 43.5. The van der Waals surface area contributed by atoms with Crippen molar-refractivity contribution >= 4 is 74.2 Å². The third kappa shape index (κ3) is 10.3. The lowest BCUT2D eigenvalue weighted by atomic mass is 10.1. The number of aromatic amines is 4. The lowest BCUT2D eigenvalue weighted by Crippen LogP contribution is -2.14. The van der Waals surface area contributed by atoms with E-state index in [9.17, 15) is 29.2 Å². The van der Waals surface area contributed by atoms with Crippen molar-refractivity contribution in [2.24, 2.45) is 0 Å². The second kappa shape index (κ2) is 19.9. The summed E-state index contributed by atoms with van der Waals surface area (Å²) < 4.78 is 4.58. The fourth-order valence-electron chi connectivity index (χ4n) is 6.48. The van der Waals surface area contributed by atoms with Gasteiger partial charge in [-0.1, -0.05) is 31.2 Å². The number of carbonyl (C=O) groups is 5. The summed E-state index contributed by atoms with van der Waals surface area (Å²) in [7, 11) is 1.30. The van der Waals surface area contributed by atoms with E-state index in [2.05, 4.69) is 77.2 Å². The van der Waals surface area contributed by atoms with Crippen molar-refractivity contribution < 1.29 is 28.7 Å². The molecule has 65 heavy (non-hydrogen) atoms. The van der Waals surface area contributed by atoms with Gasteiger partial charge in [-0.2, -0.15) is 10.5 Å². The monoisotopic (exact) mass is 872 g/mol. The predicted octanol–water partition coefficient (Wildman–Crippen LogP) is 5.57. The first-order chi connectivity index (χ1) is 31.6. The second-order valence-electron chi connectivity index (χ2n) is 13.9. The number of esters is 1. The van der Waals surface area contributed by atoms with E-state index >= 15 is 0 Å². The van der Waals surface area contributed by atoms with Crippen LogP contribution in [0, 0.1) is 22.7 Å². The molecule has 4 aromatic heterocycles. The van der Waals surface area contributed by atoms with Crippen LogP contribution in [0.15, 0.2) is 84.9 Å². The van der Waals surface area contributed by atoms with E-state index in [4.69, 9.17) is 5.26 Å². The van der Waals surface area contributed by atoms with Gasteiger partial charge in [0.15, 0.2) is 11.6 Å². The van der Waals surface area contributed by atoms with Gasteiger partial charge >= 0.3 is 5.97 Å². The smallest absolute Gasteiger partial charge is 0.305 e. The van der Waals surface area contributed by atoms with Crippen LogP contribution in [-0.4, -0.2) is 87.9 Å². The molecule has 0 bridgehead atoms. The van der Waals surface area contributed by atoms with Crippen molar-refractivity contribution in [2.75, 3.05) is 28.4 Å². The summed E-state index contributed by atoms with van der Waals surface area (Å²) in [6.45, 7) is 1.77. The summed E-state index contributed by atoms with van der Waals surface area (Å²) >= 11 is 0. The number of aromatic nitrogens is 10. The minimum Gasteiger partial charge on any atom is -0.469 e. The van der Waals surface area contributed by atoms with Crippen LogP contribution in [0.3, 0.4) is 0 Å². The Morgan fingerprint density at radius 1 is 0.615 bits per heavy atom. The van der Waals surface area contributed by atoms with Crippen molar-refractivity contribution in [3.05, 3.63) is 107 Å². The quantitative estimate of drug-likeness (QED) is 0.0657. The molecule has 0 aliphatic heterocycles. The number of benzene rings is 4. The van der Waals surface area contributed by atoms with E-state index in [1.54, 1.807) is 79.7 Å². The summed E-state index contributed by atoms with van der Waals surface area (Å²) in [6.07, 6.45) is 1.02. The first-order valence-corrected chi connectivity index (χ1v) is 19.7. The molecule has 0 radical (unpaired) electrons. The number of H-pyrrole nitrogens is 4. The molecule has 8 rings (SSSR count). The fraction of sp³-hybridized carbons (Fsp3) is 0.140. The van der Waals surface area contributed by atoms with Gasteiger partial charge in [0.2, 0.25) is 11.8 Å². The number of fused-ring (bicyclic) bond motifs is 2. The van der Waals surface area contributed by atoms with E-state index in [1.807, 2.05) is 24.3 Å². The van der Waals surface area contributed by atoms with E-state index in [0.717, 1.165) is 10.8 Å². The third-order valence-corrected chi connectivity index (χ3v) is 9.68. The molecule has 0 saturated carbocycles. The van der Waals surface area contributed by atoms with Crippen LogP contribution in [0.4, 0.5) is 22.7 Å². The molecule has 4 aromatic carbocycles. The molecule has 0 unspecified atom stereocenters. The van der Waals surface area contributed by atoms with Crippen molar-refractivity contribution in [3.63, 3.8) is 0 Å². The van der Waals surface area contributed by atoms with Gasteiger partial charge in [0.05, 0.1) is 64.2 Å². The average molecular weight is 873 g/mol. The molecule has 0 spiro atoms. The largest absolute Gasteiger partial charge is 0.469 e. The molecule has 0 saturated heterocycles. The van der Waals surface area contributed by atoms with Crippen LogP contribution < -0.4 is 21.3 Å². The number of nitrogens with zero attached hydrogens (tertiary/aromatic N) is 8. The summed E-state index contributed by atoms with van der Waals surface area (Å²) in [4.78, 5) is 67.3. The van der Waals surface area contributed by atoms with Crippen LogP contribution in [0.2, 0.25) is 0 Å². The van der Waals surface area contributed by atoms with E-state index in [0.29, 0.717) is 86.2 Å². The van der Waals surface area contributed by atoms with E-state index in [1.165, 1.54) is 7.11 Å². The maximum atomic E-state index is 13.0. The number of rotatable bonds is 13. The molecule has 4 amide bonds. The summed E-state index contributed by atoms with van der Waals surface area (Å²) in [5.41, 5.74) is 5.50. The predicted molar refractivity (Wildman–Crippen MR) is 235 cm³/mol. The number of para-hydroxylation sites is 2. The van der Waals surface area contributed by atoms with Crippen molar-refractivity contribution in [3.8, 4) is 34.9 Å². The number of amides is 4. The molecule has 8 aromatic rings. The summed E-state index contributed by atoms with van der Waals surface area (Å²) in [6, 6.07) is 27.7. The minimum absolute atomic E-state index is 0.119. The van der Waals surface area contributed by atoms with Crippen LogP contribution >= 0.6 is 0 Å². The molecule has 8 N–H and O–H groups in total. The normalized spacial score (nSPS) is 10.5. The number of ether oxygens (including phenoxy) is 1. The number of hydrogen-bond acceptors (Lipinski definition) is 14. The number of anilines is 4. The van der Waals surface area contributed by atoms with E-state index < -0.39 is 11.8 Å². The van der Waals surface area contributed by atoms with Gasteiger partial charge in [0, 0.05) is 41.2 Å². The van der Waals surface area contributed by atoms with Gasteiger partial charge in [-0.15, -0.1) is 10.2 Å². The Labute approximate surface area is 367 Å². The number of methoxy groups -OCH3 is 1. The lowest BCUT2D eigenvalue weighted by molar-refractivity contribution is -0.140. The minimum atomic E-state index is -0.435. The molecule has 324 valence electrons. The Morgan fingerprint density at radius 2 is 1.11 bits per heavy atom. The summed E-state index contributed by atoms with van der Waals surface area (Å²) in [5, 5.41) is 58.3. The zero-order chi connectivity index (χ0) is 45.9. The third-order valence-electron chi connectivity index (χ3n) is 9.68. The number of tetrazole rings is 2. The molecule has 0 aliphatic rings. The molecule has 4 heterocycles. The van der Waals surface area contributed by atoms with Gasteiger partial charge in [0.1, 0.15) is 11.4 Å². The van der Waals surface area contributed by atoms with Crippen molar-refractivity contribution in [1.29, 1.82) is 10.5 Å². The Hall–Kier alpha value is -9.57. The maximum absolute atomic E-state index is 13.0. The van der Waals surface area contributed by atoms with Gasteiger partial charge in [-0.05, 0) is 87.9 Å². The average Bonchev–Trinajstić information content (AvgIpc) is 4.18. The topological polar surface area (TPSA) is 331 Å². The highest BCUT2D eigenvalue weighted by atomic mass is 16.5. The van der Waals surface area contributed by atoms with Crippen molar-refractivity contribution in [2.45, 2.75) is 32.6 Å². The second-order valence-corrected chi connectivity index (χ2v) is 13.9. The fourth-order valence-corrected chi connectivity index (χ4v) is 6.48. The van der Waals surface area contributed by atoms with Crippen LogP contribution in [0.5, 0.6) is 0 Å². The van der Waals surface area contributed by atoms with Crippen LogP contribution in [0.1, 0.15) is 64.7 Å². The Kier molecular flexibility index (Phi) is 13.3. The SMILES string of the molecule is CCC(=O)Nc1cccc2cc(C(=O)Nc3ccc(C#N)cc3-c3nnn[nH]3)[nH]c12.COC(=O)CCCC(=O)Nc1cccc2cc(C(=O)Nc3ccc(C#N)cc3-c3nnn[nH]3)[nH]c12. The van der Waals surface area contributed by atoms with Gasteiger partial charge in [-0.3, -0.25) is 24.0 Å². The molecule has 0 atom stereocenters. The number of hydrogen-bond donors (Lipinski definition) is 8. The van der Waals surface area contributed by atoms with E-state index in [-0.39, 0.29) is 36.3 Å². The zero-order valence-corrected chi connectivity index (χ0v) is 34.4. The molecular weight excluding hydrogens is 837 g/mol. The number of nitriles is 2. The van der Waals surface area contributed by atoms with Gasteiger partial charge in [0.25, 0.3) is 11.8 Å². The Morgan fingerprint density at radius 3 is 1.54 bits per heavy atom. The van der Waals surface area contributed by atoms with Gasteiger partial charge < -0.3 is 36.0 Å². The van der Waals surface area contributed by atoms with Crippen LogP contribution in [0.25, 0.3) is 44.6 Å². The Bertz CT molecular complexity index is 3140. The Balaban J connectivity index is 0.000000196. The zero-order valence-electron chi connectivity index (χ0n) is 34.4. The van der Waals surface area contributed by atoms with Crippen LogP contribution in [-0.2, 0) is 19.1 Å². The standard InChI is InChI=1S/C23H20N8O4.C20H16N8O2/c1-35-20(33)7-3-6-19(32)25-17-5-2-4-14-11-18(26-21(14)17)23(34)27-16-9-8-13(12-24)10-15(16)22-28-30-31-29-22;1-2-17(29)22-15-5-3-4-12-9-16(23-18(12)15)20(30)24-14-7-6-11(10-21)8-13(14)19-25-27-28-26-19/h2,4-5,8-11,26H,3,6-7H2,1H3,(H,25,32)(H,27,34)(H,28,29,30,31);3-9,23H,2H2,1H3,(H,22,29)(H,24,30)(H,25,26,27,28). The molecular formula is C43H36N16O6. The maximum Gasteiger partial charge on any atom is 0.305 e. The first-order valence-electron chi connectivity index (χ1n) is 19.7. The highest BCUT2D eigenvalue weighted by molar-refractivity contribution is 6.11. The summed E-state index contributed by atoms with van der Waals surface area (Å²) in [5.74, 6) is -0.956.